The SMILES string of the molecule is Cc1cc(N(C)CC2CCCCO2)nc(NN)n1. The first-order valence-corrected chi connectivity index (χ1v) is 6.34. The van der Waals surface area contributed by atoms with Crippen molar-refractivity contribution in [2.24, 2.45) is 5.84 Å². The molecule has 1 saturated heterocycles. The third kappa shape index (κ3) is 3.30. The number of rotatable bonds is 4. The summed E-state index contributed by atoms with van der Waals surface area (Å²) in [4.78, 5) is 10.6. The number of aryl methyl sites for hydroxylation is 1. The second-order valence-electron chi connectivity index (χ2n) is 4.70. The Hall–Kier alpha value is -1.40. The zero-order chi connectivity index (χ0) is 13.0. The first-order valence-electron chi connectivity index (χ1n) is 6.34. The van der Waals surface area contributed by atoms with Crippen molar-refractivity contribution in [3.63, 3.8) is 0 Å². The van der Waals surface area contributed by atoms with Gasteiger partial charge in [-0.05, 0) is 26.2 Å². The van der Waals surface area contributed by atoms with Gasteiger partial charge >= 0.3 is 0 Å². The van der Waals surface area contributed by atoms with Crippen molar-refractivity contribution < 1.29 is 4.74 Å². The quantitative estimate of drug-likeness (QED) is 0.616. The average Bonchev–Trinajstić information content (AvgIpc) is 2.39. The van der Waals surface area contributed by atoms with Gasteiger partial charge in [0.2, 0.25) is 5.95 Å². The van der Waals surface area contributed by atoms with E-state index in [9.17, 15) is 0 Å². The third-order valence-corrected chi connectivity index (χ3v) is 3.11. The lowest BCUT2D eigenvalue weighted by atomic mass is 10.1. The molecule has 0 aliphatic carbocycles. The lowest BCUT2D eigenvalue weighted by molar-refractivity contribution is 0.0215. The van der Waals surface area contributed by atoms with Crippen molar-refractivity contribution in [1.82, 2.24) is 9.97 Å². The van der Waals surface area contributed by atoms with Crippen LogP contribution in [-0.4, -0.2) is 36.3 Å². The number of nitrogens with zero attached hydrogens (tertiary/aromatic N) is 3. The summed E-state index contributed by atoms with van der Waals surface area (Å²) < 4.78 is 5.73. The predicted octanol–water partition coefficient (Wildman–Crippen LogP) is 1.08. The van der Waals surface area contributed by atoms with Crippen LogP contribution < -0.4 is 16.2 Å². The molecule has 6 nitrogen and oxygen atoms in total. The molecule has 2 rings (SSSR count). The van der Waals surface area contributed by atoms with Gasteiger partial charge in [-0.2, -0.15) is 4.98 Å². The Labute approximate surface area is 108 Å². The lowest BCUT2D eigenvalue weighted by Gasteiger charge is -2.28. The number of hydrazine groups is 1. The molecule has 0 radical (unpaired) electrons. The van der Waals surface area contributed by atoms with Gasteiger partial charge in [0.25, 0.3) is 0 Å². The van der Waals surface area contributed by atoms with Crippen LogP contribution in [0.25, 0.3) is 0 Å². The fourth-order valence-electron chi connectivity index (χ4n) is 2.16. The first-order chi connectivity index (χ1) is 8.69. The molecule has 2 heterocycles. The number of nitrogens with one attached hydrogen (secondary N) is 1. The first kappa shape index (κ1) is 13.0. The van der Waals surface area contributed by atoms with E-state index in [0.717, 1.165) is 31.1 Å². The lowest BCUT2D eigenvalue weighted by Crippen LogP contribution is -2.34. The summed E-state index contributed by atoms with van der Waals surface area (Å²) in [6, 6.07) is 1.95. The smallest absolute Gasteiger partial charge is 0.239 e. The van der Waals surface area contributed by atoms with Gasteiger partial charge in [-0.15, -0.1) is 0 Å². The Morgan fingerprint density at radius 2 is 2.33 bits per heavy atom. The zero-order valence-electron chi connectivity index (χ0n) is 11.0. The van der Waals surface area contributed by atoms with Crippen LogP contribution in [0.2, 0.25) is 0 Å². The van der Waals surface area contributed by atoms with Crippen LogP contribution in [0.4, 0.5) is 11.8 Å². The third-order valence-electron chi connectivity index (χ3n) is 3.11. The van der Waals surface area contributed by atoms with Gasteiger partial charge in [0.15, 0.2) is 0 Å². The molecule has 1 aliphatic rings. The number of anilines is 2. The van der Waals surface area contributed by atoms with Gasteiger partial charge < -0.3 is 9.64 Å². The summed E-state index contributed by atoms with van der Waals surface area (Å²) in [7, 11) is 2.01. The number of hydrogen-bond donors (Lipinski definition) is 2. The second kappa shape index (κ2) is 5.97. The van der Waals surface area contributed by atoms with Crippen molar-refractivity contribution in [3.8, 4) is 0 Å². The van der Waals surface area contributed by atoms with E-state index in [4.69, 9.17) is 10.6 Å². The Bertz CT molecular complexity index is 392. The standard InChI is InChI=1S/C12H21N5O/c1-9-7-11(15-12(14-9)16-13)17(2)8-10-5-3-4-6-18-10/h7,10H,3-6,8,13H2,1-2H3,(H,14,15,16). The highest BCUT2D eigenvalue weighted by atomic mass is 16.5. The number of aromatic nitrogens is 2. The highest BCUT2D eigenvalue weighted by Crippen LogP contribution is 2.17. The molecule has 0 bridgehead atoms. The van der Waals surface area contributed by atoms with Crippen LogP contribution in [0.1, 0.15) is 25.0 Å². The molecule has 1 fully saturated rings. The minimum atomic E-state index is 0.299. The summed E-state index contributed by atoms with van der Waals surface area (Å²) in [5, 5.41) is 0. The number of nitrogen functional groups attached to an aromatic ring is 1. The molecule has 3 N–H and O–H groups in total. The number of likely N-dealkylation sites (N-methyl/N-ethyl adjacent to an activating group) is 1. The van der Waals surface area contributed by atoms with Gasteiger partial charge in [0.05, 0.1) is 6.10 Å². The summed E-state index contributed by atoms with van der Waals surface area (Å²) in [5.74, 6) is 6.66. The highest BCUT2D eigenvalue weighted by Gasteiger charge is 2.17. The molecule has 1 unspecified atom stereocenters. The molecular weight excluding hydrogens is 230 g/mol. The molecular formula is C12H21N5O. The van der Waals surface area contributed by atoms with E-state index in [1.165, 1.54) is 12.8 Å². The molecule has 18 heavy (non-hydrogen) atoms. The van der Waals surface area contributed by atoms with Gasteiger partial charge in [0.1, 0.15) is 5.82 Å². The minimum Gasteiger partial charge on any atom is -0.376 e. The van der Waals surface area contributed by atoms with Crippen LogP contribution in [0.5, 0.6) is 0 Å². The van der Waals surface area contributed by atoms with Crippen LogP contribution >= 0.6 is 0 Å². The van der Waals surface area contributed by atoms with E-state index >= 15 is 0 Å². The minimum absolute atomic E-state index is 0.299. The molecule has 100 valence electrons. The Kier molecular flexibility index (Phi) is 4.33. The number of hydrogen-bond acceptors (Lipinski definition) is 6. The Morgan fingerprint density at radius 1 is 1.50 bits per heavy atom. The van der Waals surface area contributed by atoms with Crippen LogP contribution in [0, 0.1) is 6.92 Å². The number of ether oxygens (including phenoxy) is 1. The maximum absolute atomic E-state index is 5.73. The number of nitrogens with two attached hydrogens (primary N) is 1. The molecule has 1 aliphatic heterocycles. The molecule has 1 aromatic rings. The van der Waals surface area contributed by atoms with Gasteiger partial charge in [0, 0.05) is 32.0 Å². The molecule has 6 heteroatoms. The van der Waals surface area contributed by atoms with E-state index in [1.807, 2.05) is 20.0 Å². The van der Waals surface area contributed by atoms with Crippen molar-refractivity contribution in [2.45, 2.75) is 32.3 Å². The van der Waals surface area contributed by atoms with Crippen molar-refractivity contribution >= 4 is 11.8 Å². The fraction of sp³-hybridized carbons (Fsp3) is 0.667. The summed E-state index contributed by atoms with van der Waals surface area (Å²) in [6.07, 6.45) is 3.84. The van der Waals surface area contributed by atoms with Crippen LogP contribution in [-0.2, 0) is 4.74 Å². The Balaban J connectivity index is 2.02. The maximum Gasteiger partial charge on any atom is 0.239 e. The van der Waals surface area contributed by atoms with E-state index in [0.29, 0.717) is 12.1 Å². The average molecular weight is 251 g/mol. The maximum atomic E-state index is 5.73. The summed E-state index contributed by atoms with van der Waals surface area (Å²) in [6.45, 7) is 3.65. The summed E-state index contributed by atoms with van der Waals surface area (Å²) in [5.41, 5.74) is 3.38. The van der Waals surface area contributed by atoms with E-state index < -0.39 is 0 Å². The van der Waals surface area contributed by atoms with Crippen molar-refractivity contribution in [2.75, 3.05) is 30.5 Å². The molecule has 0 spiro atoms. The van der Waals surface area contributed by atoms with Gasteiger partial charge in [-0.25, -0.2) is 10.8 Å². The normalized spacial score (nSPS) is 19.6. The monoisotopic (exact) mass is 251 g/mol. The Morgan fingerprint density at radius 3 is 3.00 bits per heavy atom. The topological polar surface area (TPSA) is 76.3 Å². The van der Waals surface area contributed by atoms with Crippen molar-refractivity contribution in [3.05, 3.63) is 11.8 Å². The second-order valence-corrected chi connectivity index (χ2v) is 4.70. The summed E-state index contributed by atoms with van der Waals surface area (Å²) >= 11 is 0. The van der Waals surface area contributed by atoms with E-state index in [-0.39, 0.29) is 0 Å². The largest absolute Gasteiger partial charge is 0.376 e. The molecule has 0 aromatic carbocycles. The molecule has 1 atom stereocenters. The van der Waals surface area contributed by atoms with Gasteiger partial charge in [-0.3, -0.25) is 5.43 Å². The highest BCUT2D eigenvalue weighted by molar-refractivity contribution is 5.43. The van der Waals surface area contributed by atoms with Gasteiger partial charge in [-0.1, -0.05) is 0 Å². The van der Waals surface area contributed by atoms with Crippen LogP contribution in [0.15, 0.2) is 6.07 Å². The van der Waals surface area contributed by atoms with Crippen LogP contribution in [0.3, 0.4) is 0 Å². The molecule has 1 aromatic heterocycles. The fourth-order valence-corrected chi connectivity index (χ4v) is 2.16. The predicted molar refractivity (Wildman–Crippen MR) is 71.4 cm³/mol. The molecule has 0 saturated carbocycles. The molecule has 0 amide bonds. The van der Waals surface area contributed by atoms with E-state index in [2.05, 4.69) is 20.3 Å². The van der Waals surface area contributed by atoms with E-state index in [1.54, 1.807) is 0 Å². The zero-order valence-corrected chi connectivity index (χ0v) is 11.0. The van der Waals surface area contributed by atoms with Crippen molar-refractivity contribution in [1.29, 1.82) is 0 Å².